The summed E-state index contributed by atoms with van der Waals surface area (Å²) in [6.07, 6.45) is 4.08. The van der Waals surface area contributed by atoms with Crippen molar-refractivity contribution in [3.63, 3.8) is 0 Å². The number of hydrogen-bond donors (Lipinski definition) is 1. The van der Waals surface area contributed by atoms with Crippen molar-refractivity contribution in [2.45, 2.75) is 51.3 Å². The molecule has 4 heteroatoms. The molecule has 2 atom stereocenters. The first-order chi connectivity index (χ1) is 10.0. The number of rotatable bonds is 3. The van der Waals surface area contributed by atoms with Crippen LogP contribution in [0.5, 0.6) is 5.75 Å². The minimum Gasteiger partial charge on any atom is -0.491 e. The minimum absolute atomic E-state index is 0.172. The number of benzene rings is 1. The van der Waals surface area contributed by atoms with Crippen LogP contribution in [0.1, 0.15) is 33.1 Å². The van der Waals surface area contributed by atoms with Crippen LogP contribution >= 0.6 is 0 Å². The van der Waals surface area contributed by atoms with Gasteiger partial charge in [0.25, 0.3) is 0 Å². The van der Waals surface area contributed by atoms with E-state index in [0.717, 1.165) is 30.6 Å². The molecule has 0 radical (unpaired) electrons. The number of fused-ring (bicyclic) bond motifs is 2. The molecule has 4 nitrogen and oxygen atoms in total. The van der Waals surface area contributed by atoms with Crippen LogP contribution in [0.15, 0.2) is 18.2 Å². The van der Waals surface area contributed by atoms with E-state index in [1.54, 1.807) is 0 Å². The van der Waals surface area contributed by atoms with E-state index in [0.29, 0.717) is 6.04 Å². The maximum atomic E-state index is 6.07. The van der Waals surface area contributed by atoms with Crippen molar-refractivity contribution in [2.24, 2.45) is 0 Å². The van der Waals surface area contributed by atoms with Crippen LogP contribution in [-0.4, -0.2) is 43.2 Å². The third-order valence-electron chi connectivity index (χ3n) is 4.80. The topological polar surface area (TPSA) is 41.7 Å². The summed E-state index contributed by atoms with van der Waals surface area (Å²) in [5.74, 6) is 0.878. The SMILES string of the molecule is CC(C)Oc1cc(N)cc(N2CCC3CCC(C2)N3C)c1. The maximum absolute atomic E-state index is 6.07. The quantitative estimate of drug-likeness (QED) is 0.869. The smallest absolute Gasteiger partial charge is 0.123 e. The number of nitrogens with two attached hydrogens (primary N) is 1. The van der Waals surface area contributed by atoms with E-state index in [9.17, 15) is 0 Å². The summed E-state index contributed by atoms with van der Waals surface area (Å²) in [5, 5.41) is 0. The highest BCUT2D eigenvalue weighted by Gasteiger charge is 2.34. The van der Waals surface area contributed by atoms with Crippen LogP contribution in [0.3, 0.4) is 0 Å². The van der Waals surface area contributed by atoms with Crippen LogP contribution < -0.4 is 15.4 Å². The van der Waals surface area contributed by atoms with Gasteiger partial charge in [0, 0.05) is 48.7 Å². The molecule has 2 fully saturated rings. The average Bonchev–Trinajstić information content (AvgIpc) is 2.61. The molecule has 1 aromatic rings. The molecule has 2 heterocycles. The van der Waals surface area contributed by atoms with Gasteiger partial charge >= 0.3 is 0 Å². The molecule has 21 heavy (non-hydrogen) atoms. The molecule has 2 aliphatic rings. The second-order valence-corrected chi connectivity index (χ2v) is 6.71. The molecule has 1 aromatic carbocycles. The lowest BCUT2D eigenvalue weighted by molar-refractivity contribution is 0.242. The number of anilines is 2. The van der Waals surface area contributed by atoms with Gasteiger partial charge in [0.15, 0.2) is 0 Å². The van der Waals surface area contributed by atoms with Gasteiger partial charge in [-0.25, -0.2) is 0 Å². The molecule has 0 spiro atoms. The van der Waals surface area contributed by atoms with Crippen LogP contribution in [0.4, 0.5) is 11.4 Å². The summed E-state index contributed by atoms with van der Waals surface area (Å²) in [4.78, 5) is 5.04. The molecule has 2 N–H and O–H groups in total. The Labute approximate surface area is 127 Å². The molecule has 0 saturated carbocycles. The Morgan fingerprint density at radius 2 is 1.90 bits per heavy atom. The van der Waals surface area contributed by atoms with E-state index in [-0.39, 0.29) is 6.10 Å². The fraction of sp³-hybridized carbons (Fsp3) is 0.647. The van der Waals surface area contributed by atoms with Crippen molar-refractivity contribution in [1.82, 2.24) is 4.90 Å². The molecular weight excluding hydrogens is 262 g/mol. The molecular formula is C17H27N3O. The zero-order chi connectivity index (χ0) is 15.0. The van der Waals surface area contributed by atoms with Crippen LogP contribution in [0, 0.1) is 0 Å². The van der Waals surface area contributed by atoms with Crippen molar-refractivity contribution < 1.29 is 4.74 Å². The summed E-state index contributed by atoms with van der Waals surface area (Å²) in [6.45, 7) is 6.29. The normalized spacial score (nSPS) is 26.2. The minimum atomic E-state index is 0.172. The highest BCUT2D eigenvalue weighted by Crippen LogP contribution is 2.33. The first-order valence-corrected chi connectivity index (χ1v) is 8.07. The molecule has 0 aliphatic carbocycles. The summed E-state index contributed by atoms with van der Waals surface area (Å²) in [7, 11) is 2.28. The molecule has 3 rings (SSSR count). The lowest BCUT2D eigenvalue weighted by Crippen LogP contribution is -2.36. The summed E-state index contributed by atoms with van der Waals surface area (Å²) in [5.41, 5.74) is 8.05. The second kappa shape index (κ2) is 5.76. The van der Waals surface area contributed by atoms with Crippen molar-refractivity contribution in [1.29, 1.82) is 0 Å². The molecule has 116 valence electrons. The zero-order valence-electron chi connectivity index (χ0n) is 13.4. The lowest BCUT2D eigenvalue weighted by atomic mass is 10.1. The number of likely N-dealkylation sites (N-methyl/N-ethyl adjacent to an activating group) is 1. The van der Waals surface area contributed by atoms with Gasteiger partial charge in [-0.05, 0) is 46.2 Å². The van der Waals surface area contributed by atoms with Gasteiger partial charge in [-0.2, -0.15) is 0 Å². The largest absolute Gasteiger partial charge is 0.491 e. The third kappa shape index (κ3) is 3.10. The molecule has 2 aliphatic heterocycles. The summed E-state index contributed by atoms with van der Waals surface area (Å²) < 4.78 is 5.82. The molecule has 0 aromatic heterocycles. The van der Waals surface area contributed by atoms with E-state index >= 15 is 0 Å². The fourth-order valence-electron chi connectivity index (χ4n) is 3.67. The van der Waals surface area contributed by atoms with Crippen molar-refractivity contribution in [3.05, 3.63) is 18.2 Å². The Balaban J connectivity index is 1.81. The van der Waals surface area contributed by atoms with E-state index in [1.165, 1.54) is 24.9 Å². The molecule has 0 amide bonds. The monoisotopic (exact) mass is 289 g/mol. The lowest BCUT2D eigenvalue weighted by Gasteiger charge is -2.28. The Kier molecular flexibility index (Phi) is 3.98. The highest BCUT2D eigenvalue weighted by atomic mass is 16.5. The van der Waals surface area contributed by atoms with Gasteiger partial charge in [-0.15, -0.1) is 0 Å². The van der Waals surface area contributed by atoms with E-state index in [4.69, 9.17) is 10.5 Å². The maximum Gasteiger partial charge on any atom is 0.123 e. The Morgan fingerprint density at radius 3 is 2.67 bits per heavy atom. The molecule has 2 bridgehead atoms. The zero-order valence-corrected chi connectivity index (χ0v) is 13.4. The predicted octanol–water partition coefficient (Wildman–Crippen LogP) is 2.73. The van der Waals surface area contributed by atoms with Crippen molar-refractivity contribution in [3.8, 4) is 5.75 Å². The van der Waals surface area contributed by atoms with Gasteiger partial charge in [0.05, 0.1) is 6.10 Å². The summed E-state index contributed by atoms with van der Waals surface area (Å²) in [6, 6.07) is 7.56. The first kappa shape index (κ1) is 14.5. The van der Waals surface area contributed by atoms with Crippen molar-refractivity contribution in [2.75, 3.05) is 30.8 Å². The van der Waals surface area contributed by atoms with E-state index in [2.05, 4.69) is 29.0 Å². The average molecular weight is 289 g/mol. The van der Waals surface area contributed by atoms with E-state index < -0.39 is 0 Å². The Bertz CT molecular complexity index is 503. The van der Waals surface area contributed by atoms with Crippen LogP contribution in [0.2, 0.25) is 0 Å². The predicted molar refractivity (Wildman–Crippen MR) is 88.0 cm³/mol. The third-order valence-corrected chi connectivity index (χ3v) is 4.80. The summed E-state index contributed by atoms with van der Waals surface area (Å²) >= 11 is 0. The number of nitrogens with zero attached hydrogens (tertiary/aromatic N) is 2. The van der Waals surface area contributed by atoms with Gasteiger partial charge < -0.3 is 15.4 Å². The van der Waals surface area contributed by atoms with Gasteiger partial charge in [0.1, 0.15) is 5.75 Å². The fourth-order valence-corrected chi connectivity index (χ4v) is 3.67. The first-order valence-electron chi connectivity index (χ1n) is 8.07. The number of hydrogen-bond acceptors (Lipinski definition) is 4. The number of ether oxygens (including phenoxy) is 1. The number of nitrogen functional groups attached to an aromatic ring is 1. The van der Waals surface area contributed by atoms with Gasteiger partial charge in [-0.3, -0.25) is 4.90 Å². The van der Waals surface area contributed by atoms with Crippen molar-refractivity contribution >= 4 is 11.4 Å². The van der Waals surface area contributed by atoms with E-state index in [1.807, 2.05) is 19.9 Å². The Morgan fingerprint density at radius 1 is 1.14 bits per heavy atom. The second-order valence-electron chi connectivity index (χ2n) is 6.71. The highest BCUT2D eigenvalue weighted by molar-refractivity contribution is 5.61. The standard InChI is InChI=1S/C17H27N3O/c1-12(2)21-17-9-13(18)8-16(10-17)20-7-6-14-4-5-15(11-20)19(14)3/h8-10,12,14-15H,4-7,11,18H2,1-3H3. The van der Waals surface area contributed by atoms with Gasteiger partial charge in [0.2, 0.25) is 0 Å². The molecule has 2 saturated heterocycles. The van der Waals surface area contributed by atoms with Crippen LogP contribution in [-0.2, 0) is 0 Å². The van der Waals surface area contributed by atoms with Crippen LogP contribution in [0.25, 0.3) is 0 Å². The Hall–Kier alpha value is -1.42. The molecule has 2 unspecified atom stereocenters. The van der Waals surface area contributed by atoms with Gasteiger partial charge in [-0.1, -0.05) is 0 Å².